The number of para-hydroxylation sites is 1. The van der Waals surface area contributed by atoms with Gasteiger partial charge >= 0.3 is 0 Å². The van der Waals surface area contributed by atoms with E-state index in [1.807, 2.05) is 26.0 Å². The second-order valence-electron chi connectivity index (χ2n) is 10.6. The van der Waals surface area contributed by atoms with Gasteiger partial charge in [-0.3, -0.25) is 4.40 Å². The minimum absolute atomic E-state index is 0.0746. The Balaban J connectivity index is 1.56. The van der Waals surface area contributed by atoms with Crippen LogP contribution in [0.2, 0.25) is 0 Å². The lowest BCUT2D eigenvalue weighted by Crippen LogP contribution is -2.20. The SMILES string of the molecule is Cc1c(C2=C(C#N)C(=C(C#N)C#N)OC2(C)C)sc2c1sc1c2c2cccc3ccc4c5ccccc5n1c4c32. The molecule has 8 rings (SSSR count). The van der Waals surface area contributed by atoms with Gasteiger partial charge in [-0.15, -0.1) is 22.7 Å². The fourth-order valence-electron chi connectivity index (χ4n) is 6.48. The molecule has 0 atom stereocenters. The molecule has 7 aromatic rings. The maximum atomic E-state index is 10.2. The van der Waals surface area contributed by atoms with Crippen LogP contribution in [-0.2, 0) is 4.74 Å². The molecule has 0 radical (unpaired) electrons. The van der Waals surface area contributed by atoms with E-state index in [1.165, 1.54) is 57.6 Å². The number of aryl methyl sites for hydroxylation is 1. The molecule has 0 saturated carbocycles. The van der Waals surface area contributed by atoms with E-state index in [0.717, 1.165) is 16.0 Å². The van der Waals surface area contributed by atoms with Gasteiger partial charge in [-0.05, 0) is 43.2 Å². The Hall–Kier alpha value is -4.87. The first-order valence-electron chi connectivity index (χ1n) is 12.8. The smallest absolute Gasteiger partial charge is 0.172 e. The zero-order valence-electron chi connectivity index (χ0n) is 21.7. The molecule has 4 aromatic heterocycles. The molecule has 5 heterocycles. The molecular formula is C33H18N4OS2. The number of benzene rings is 3. The number of thiophene rings is 2. The van der Waals surface area contributed by atoms with Crippen molar-refractivity contribution in [1.29, 1.82) is 15.8 Å². The van der Waals surface area contributed by atoms with Crippen LogP contribution in [0.3, 0.4) is 0 Å². The molecule has 5 nitrogen and oxygen atoms in total. The summed E-state index contributed by atoms with van der Waals surface area (Å²) in [6.45, 7) is 5.88. The molecule has 0 saturated heterocycles. The number of pyridine rings is 1. The lowest BCUT2D eigenvalue weighted by atomic mass is 9.92. The number of rotatable bonds is 1. The second-order valence-corrected chi connectivity index (χ2v) is 12.6. The maximum Gasteiger partial charge on any atom is 0.172 e. The number of nitriles is 3. The van der Waals surface area contributed by atoms with Gasteiger partial charge in [-0.2, -0.15) is 15.8 Å². The molecule has 0 unspecified atom stereocenters. The number of allylic oxidation sites excluding steroid dienone is 2. The quantitative estimate of drug-likeness (QED) is 0.191. The molecule has 0 amide bonds. The van der Waals surface area contributed by atoms with Gasteiger partial charge in [-0.25, -0.2) is 0 Å². The van der Waals surface area contributed by atoms with Crippen LogP contribution in [0.4, 0.5) is 0 Å². The van der Waals surface area contributed by atoms with Crippen molar-refractivity contribution in [1.82, 2.24) is 4.40 Å². The average molecular weight is 551 g/mol. The van der Waals surface area contributed by atoms with E-state index in [9.17, 15) is 15.8 Å². The van der Waals surface area contributed by atoms with Crippen molar-refractivity contribution in [3.8, 4) is 18.2 Å². The molecule has 40 heavy (non-hydrogen) atoms. The lowest BCUT2D eigenvalue weighted by Gasteiger charge is -2.22. The van der Waals surface area contributed by atoms with E-state index in [-0.39, 0.29) is 16.9 Å². The van der Waals surface area contributed by atoms with Crippen LogP contribution in [0.1, 0.15) is 24.3 Å². The largest absolute Gasteiger partial charge is 0.479 e. The lowest BCUT2D eigenvalue weighted by molar-refractivity contribution is 0.109. The van der Waals surface area contributed by atoms with Gasteiger partial charge in [0.1, 0.15) is 34.2 Å². The van der Waals surface area contributed by atoms with E-state index in [4.69, 9.17) is 4.74 Å². The Morgan fingerprint density at radius 2 is 1.62 bits per heavy atom. The van der Waals surface area contributed by atoms with Crippen molar-refractivity contribution in [3.63, 3.8) is 0 Å². The first-order chi connectivity index (χ1) is 19.4. The highest BCUT2D eigenvalue weighted by Crippen LogP contribution is 2.54. The molecule has 0 spiro atoms. The van der Waals surface area contributed by atoms with Gasteiger partial charge in [0.25, 0.3) is 0 Å². The molecule has 7 heteroatoms. The van der Waals surface area contributed by atoms with Crippen molar-refractivity contribution in [2.24, 2.45) is 0 Å². The van der Waals surface area contributed by atoms with E-state index in [0.29, 0.717) is 0 Å². The predicted octanol–water partition coefficient (Wildman–Crippen LogP) is 8.96. The maximum absolute atomic E-state index is 10.2. The van der Waals surface area contributed by atoms with Crippen molar-refractivity contribution in [2.45, 2.75) is 26.4 Å². The van der Waals surface area contributed by atoms with Gasteiger partial charge in [0.2, 0.25) is 0 Å². The summed E-state index contributed by atoms with van der Waals surface area (Å²) < 4.78 is 10.9. The highest BCUT2D eigenvalue weighted by molar-refractivity contribution is 7.33. The first-order valence-corrected chi connectivity index (χ1v) is 14.4. The number of fused-ring (bicyclic) bond motifs is 8. The first kappa shape index (κ1) is 23.1. The highest BCUT2D eigenvalue weighted by Gasteiger charge is 2.42. The van der Waals surface area contributed by atoms with Crippen LogP contribution in [0.15, 0.2) is 71.5 Å². The Morgan fingerprint density at radius 3 is 2.40 bits per heavy atom. The monoisotopic (exact) mass is 550 g/mol. The van der Waals surface area contributed by atoms with Crippen LogP contribution in [-0.4, -0.2) is 10.0 Å². The fraction of sp³-hybridized carbons (Fsp3) is 0.121. The molecule has 0 N–H and O–H groups in total. The van der Waals surface area contributed by atoms with Crippen LogP contribution < -0.4 is 0 Å². The normalized spacial score (nSPS) is 15.1. The minimum Gasteiger partial charge on any atom is -0.479 e. The molecule has 1 aliphatic heterocycles. The molecule has 188 valence electrons. The topological polar surface area (TPSA) is 85.0 Å². The van der Waals surface area contributed by atoms with Gasteiger partial charge in [-0.1, -0.05) is 48.5 Å². The third-order valence-electron chi connectivity index (χ3n) is 8.11. The van der Waals surface area contributed by atoms with Crippen LogP contribution >= 0.6 is 22.7 Å². The number of hydrogen-bond donors (Lipinski definition) is 0. The molecule has 0 bridgehead atoms. The Morgan fingerprint density at radius 1 is 0.850 bits per heavy atom. The van der Waals surface area contributed by atoms with Gasteiger partial charge < -0.3 is 4.74 Å². The van der Waals surface area contributed by atoms with E-state index < -0.39 is 5.60 Å². The molecule has 0 fully saturated rings. The summed E-state index contributed by atoms with van der Waals surface area (Å²) in [5.74, 6) is 0.0746. The summed E-state index contributed by atoms with van der Waals surface area (Å²) in [6, 6.07) is 25.6. The third kappa shape index (κ3) is 2.63. The number of ether oxygens (including phenoxy) is 1. The average Bonchev–Trinajstić information content (AvgIpc) is 3.66. The van der Waals surface area contributed by atoms with Crippen molar-refractivity contribution < 1.29 is 4.74 Å². The van der Waals surface area contributed by atoms with Crippen LogP contribution in [0, 0.1) is 40.9 Å². The summed E-state index contributed by atoms with van der Waals surface area (Å²) >= 11 is 3.45. The Bertz CT molecular complexity index is 2460. The molecular weight excluding hydrogens is 533 g/mol. The minimum atomic E-state index is -0.869. The zero-order chi connectivity index (χ0) is 27.5. The van der Waals surface area contributed by atoms with Crippen molar-refractivity contribution in [3.05, 3.63) is 81.9 Å². The molecule has 0 aliphatic carbocycles. The summed E-state index contributed by atoms with van der Waals surface area (Å²) in [4.78, 5) is 2.17. The summed E-state index contributed by atoms with van der Waals surface area (Å²) in [5.41, 5.74) is 3.48. The van der Waals surface area contributed by atoms with Crippen molar-refractivity contribution in [2.75, 3.05) is 0 Å². The summed E-state index contributed by atoms with van der Waals surface area (Å²) in [7, 11) is 0. The zero-order valence-corrected chi connectivity index (χ0v) is 23.3. The molecule has 3 aromatic carbocycles. The van der Waals surface area contributed by atoms with E-state index >= 15 is 0 Å². The third-order valence-corrected chi connectivity index (χ3v) is 10.9. The predicted molar refractivity (Wildman–Crippen MR) is 163 cm³/mol. The van der Waals surface area contributed by atoms with Gasteiger partial charge in [0, 0.05) is 32.0 Å². The number of nitrogens with zero attached hydrogens (tertiary/aromatic N) is 4. The summed E-state index contributed by atoms with van der Waals surface area (Å²) in [6.07, 6.45) is 0. The Labute approximate surface area is 236 Å². The standard InChI is InChI=1S/C33H18N4OS2/c1-16-29(26-22(15-36)28(18(13-34)14-35)38-33(26,2)3)39-31-25-21-9-6-7-17-11-12-20-19-8-4-5-10-23(19)37(27(20)24(17)21)32(25)40-30(16)31/h4-12H,1-3H3. The second kappa shape index (κ2) is 7.62. The Kier molecular flexibility index (Phi) is 4.39. The molecule has 1 aliphatic rings. The number of aromatic nitrogens is 1. The summed E-state index contributed by atoms with van der Waals surface area (Å²) in [5, 5.41) is 36.7. The van der Waals surface area contributed by atoms with E-state index in [1.54, 1.807) is 22.7 Å². The number of hydrogen-bond acceptors (Lipinski definition) is 6. The van der Waals surface area contributed by atoms with Crippen LogP contribution in [0.25, 0.3) is 63.2 Å². The fourth-order valence-corrected chi connectivity index (χ4v) is 9.56. The van der Waals surface area contributed by atoms with Crippen LogP contribution in [0.5, 0.6) is 0 Å². The van der Waals surface area contributed by atoms with Gasteiger partial charge in [0.05, 0.1) is 20.4 Å². The van der Waals surface area contributed by atoms with E-state index in [2.05, 4.69) is 72.0 Å². The highest BCUT2D eigenvalue weighted by atomic mass is 32.1. The van der Waals surface area contributed by atoms with Gasteiger partial charge in [0.15, 0.2) is 11.3 Å². The van der Waals surface area contributed by atoms with Crippen molar-refractivity contribution >= 4 is 85.8 Å².